The number of nitrogens with zero attached hydrogens (tertiary/aromatic N) is 4. The van der Waals surface area contributed by atoms with Gasteiger partial charge in [0.15, 0.2) is 11.5 Å². The zero-order valence-electron chi connectivity index (χ0n) is 21.4. The fourth-order valence-electron chi connectivity index (χ4n) is 5.11. The lowest BCUT2D eigenvalue weighted by Crippen LogP contribution is -2.59. The maximum absolute atomic E-state index is 14.6. The molecule has 4 N–H and O–H groups in total. The van der Waals surface area contributed by atoms with Gasteiger partial charge in [0.1, 0.15) is 5.82 Å². The molecule has 0 aliphatic carbocycles. The Labute approximate surface area is 222 Å². The van der Waals surface area contributed by atoms with Crippen LogP contribution in [0.15, 0.2) is 48.9 Å². The van der Waals surface area contributed by atoms with Crippen molar-refractivity contribution in [2.45, 2.75) is 32.4 Å². The van der Waals surface area contributed by atoms with Crippen molar-refractivity contribution in [3.63, 3.8) is 0 Å². The van der Waals surface area contributed by atoms with Crippen molar-refractivity contribution in [2.75, 3.05) is 30.4 Å². The second-order valence-corrected chi connectivity index (χ2v) is 10.2. The summed E-state index contributed by atoms with van der Waals surface area (Å²) in [6, 6.07) is 8.35. The Bertz CT molecular complexity index is 1570. The van der Waals surface area contributed by atoms with E-state index >= 15 is 0 Å². The molecule has 1 amide bonds. The number of imidazole rings is 1. The van der Waals surface area contributed by atoms with Gasteiger partial charge in [0.05, 0.1) is 40.6 Å². The SMILES string of the molecule is CC1(C)CNCCN1Nc1ccc(Nc2ccc(-c3cnc4c(F)c(C(F)F)ccn34)c3c2C(=O)NC3)nc1. The number of carbonyl (C=O) groups is 1. The Kier molecular flexibility index (Phi) is 6.15. The summed E-state index contributed by atoms with van der Waals surface area (Å²) in [5, 5.41) is 11.6. The smallest absolute Gasteiger partial charge is 0.266 e. The molecule has 0 radical (unpaired) electrons. The van der Waals surface area contributed by atoms with Gasteiger partial charge in [-0.2, -0.15) is 0 Å². The van der Waals surface area contributed by atoms with Gasteiger partial charge in [0.25, 0.3) is 12.3 Å². The summed E-state index contributed by atoms with van der Waals surface area (Å²) in [7, 11) is 0. The molecule has 9 nitrogen and oxygen atoms in total. The van der Waals surface area contributed by atoms with E-state index < -0.39 is 17.8 Å². The highest BCUT2D eigenvalue weighted by molar-refractivity contribution is 6.06. The molecule has 0 spiro atoms. The number of carbonyl (C=O) groups excluding carboxylic acids is 1. The minimum atomic E-state index is -2.95. The Morgan fingerprint density at radius 1 is 1.10 bits per heavy atom. The third-order valence-corrected chi connectivity index (χ3v) is 7.22. The molecule has 2 aliphatic rings. The van der Waals surface area contributed by atoms with Crippen LogP contribution in [0.25, 0.3) is 16.9 Å². The van der Waals surface area contributed by atoms with Crippen LogP contribution in [0.2, 0.25) is 0 Å². The van der Waals surface area contributed by atoms with Gasteiger partial charge in [-0.15, -0.1) is 0 Å². The first-order valence-corrected chi connectivity index (χ1v) is 12.6. The molecule has 2 aliphatic heterocycles. The number of halogens is 3. The molecule has 0 atom stereocenters. The number of pyridine rings is 2. The molecule has 202 valence electrons. The zero-order valence-corrected chi connectivity index (χ0v) is 21.4. The molecule has 1 saturated heterocycles. The first kappa shape index (κ1) is 25.1. The van der Waals surface area contributed by atoms with Crippen LogP contribution in [0, 0.1) is 5.82 Å². The molecular formula is C27H27F3N8O. The van der Waals surface area contributed by atoms with E-state index in [9.17, 15) is 18.0 Å². The van der Waals surface area contributed by atoms with Crippen molar-refractivity contribution < 1.29 is 18.0 Å². The van der Waals surface area contributed by atoms with Crippen LogP contribution < -0.4 is 21.4 Å². The van der Waals surface area contributed by atoms with Crippen molar-refractivity contribution in [3.8, 4) is 11.3 Å². The highest BCUT2D eigenvalue weighted by Gasteiger charge is 2.30. The van der Waals surface area contributed by atoms with E-state index in [0.29, 0.717) is 33.9 Å². The number of hydrogen-bond donors (Lipinski definition) is 4. The topological polar surface area (TPSA) is 98.6 Å². The van der Waals surface area contributed by atoms with Gasteiger partial charge >= 0.3 is 0 Å². The third kappa shape index (κ3) is 4.45. The van der Waals surface area contributed by atoms with Crippen molar-refractivity contribution in [1.29, 1.82) is 0 Å². The van der Waals surface area contributed by atoms with Gasteiger partial charge in [0, 0.05) is 43.5 Å². The molecule has 39 heavy (non-hydrogen) atoms. The summed E-state index contributed by atoms with van der Waals surface area (Å²) < 4.78 is 42.3. The highest BCUT2D eigenvalue weighted by atomic mass is 19.3. The predicted molar refractivity (Wildman–Crippen MR) is 142 cm³/mol. The number of anilines is 3. The maximum atomic E-state index is 14.6. The number of benzene rings is 1. The number of aromatic nitrogens is 3. The average Bonchev–Trinajstić information content (AvgIpc) is 3.51. The van der Waals surface area contributed by atoms with Crippen LogP contribution in [0.5, 0.6) is 0 Å². The number of rotatable bonds is 6. The zero-order chi connectivity index (χ0) is 27.3. The molecule has 1 aromatic carbocycles. The van der Waals surface area contributed by atoms with E-state index in [1.807, 2.05) is 12.1 Å². The quantitative estimate of drug-likeness (QED) is 0.289. The van der Waals surface area contributed by atoms with Crippen LogP contribution in [-0.4, -0.2) is 50.5 Å². The monoisotopic (exact) mass is 536 g/mol. The van der Waals surface area contributed by atoms with Gasteiger partial charge in [-0.3, -0.25) is 9.20 Å². The van der Waals surface area contributed by atoms with Gasteiger partial charge in [-0.25, -0.2) is 28.1 Å². The van der Waals surface area contributed by atoms with E-state index in [1.54, 1.807) is 18.3 Å². The van der Waals surface area contributed by atoms with E-state index in [-0.39, 0.29) is 23.6 Å². The van der Waals surface area contributed by atoms with E-state index in [2.05, 4.69) is 50.2 Å². The summed E-state index contributed by atoms with van der Waals surface area (Å²) in [5.74, 6) is -0.757. The number of hydrazine groups is 1. The number of hydrogen-bond acceptors (Lipinski definition) is 7. The second-order valence-electron chi connectivity index (χ2n) is 10.2. The molecule has 5 heterocycles. The van der Waals surface area contributed by atoms with E-state index in [0.717, 1.165) is 31.4 Å². The van der Waals surface area contributed by atoms with E-state index in [1.165, 1.54) is 16.8 Å². The van der Waals surface area contributed by atoms with Crippen molar-refractivity contribution in [2.24, 2.45) is 0 Å². The van der Waals surface area contributed by atoms with Crippen LogP contribution in [0.4, 0.5) is 30.4 Å². The number of amides is 1. The molecule has 0 bridgehead atoms. The van der Waals surface area contributed by atoms with Crippen LogP contribution >= 0.6 is 0 Å². The predicted octanol–water partition coefficient (Wildman–Crippen LogP) is 4.47. The van der Waals surface area contributed by atoms with Crippen molar-refractivity contribution in [3.05, 3.63) is 71.4 Å². The fourth-order valence-corrected chi connectivity index (χ4v) is 5.11. The molecule has 0 saturated carbocycles. The molecule has 0 unspecified atom stereocenters. The lowest BCUT2D eigenvalue weighted by atomic mass is 9.99. The highest BCUT2D eigenvalue weighted by Crippen LogP contribution is 2.36. The van der Waals surface area contributed by atoms with Gasteiger partial charge in [0.2, 0.25) is 0 Å². The Morgan fingerprint density at radius 2 is 1.95 bits per heavy atom. The number of alkyl halides is 2. The summed E-state index contributed by atoms with van der Waals surface area (Å²) in [4.78, 5) is 21.4. The number of fused-ring (bicyclic) bond motifs is 2. The molecular weight excluding hydrogens is 509 g/mol. The molecule has 3 aromatic heterocycles. The lowest BCUT2D eigenvalue weighted by Gasteiger charge is -2.43. The first-order chi connectivity index (χ1) is 18.7. The summed E-state index contributed by atoms with van der Waals surface area (Å²) in [6.07, 6.45) is 1.58. The number of nitrogens with one attached hydrogen (secondary N) is 4. The average molecular weight is 537 g/mol. The summed E-state index contributed by atoms with van der Waals surface area (Å²) >= 11 is 0. The van der Waals surface area contributed by atoms with Gasteiger partial charge in [-0.05, 0) is 43.7 Å². The minimum Gasteiger partial charge on any atom is -0.348 e. The summed E-state index contributed by atoms with van der Waals surface area (Å²) in [6.45, 7) is 7.21. The third-order valence-electron chi connectivity index (χ3n) is 7.22. The Balaban J connectivity index is 1.28. The summed E-state index contributed by atoms with van der Waals surface area (Å²) in [5.41, 5.74) is 6.18. The van der Waals surface area contributed by atoms with Crippen molar-refractivity contribution >= 4 is 28.7 Å². The maximum Gasteiger partial charge on any atom is 0.266 e. The van der Waals surface area contributed by atoms with Crippen LogP contribution in [0.1, 0.15) is 41.8 Å². The fraction of sp³-hybridized carbons (Fsp3) is 0.296. The minimum absolute atomic E-state index is 0.0529. The largest absolute Gasteiger partial charge is 0.348 e. The number of piperazine rings is 1. The standard InChI is InChI=1S/C27H27F3N8O/c1-27(2)14-31-8-10-38(27)36-15-3-6-21(32-11-15)35-19-5-4-16(18-12-34-26(39)22(18)19)20-13-33-25-23(28)17(24(29)30)7-9-37(20)25/h3-7,9,11,13,24,31,36H,8,10,12,14H2,1-2H3,(H,32,35)(H,34,39). The second kappa shape index (κ2) is 9.54. The molecule has 6 rings (SSSR count). The molecule has 4 aromatic rings. The van der Waals surface area contributed by atoms with E-state index in [4.69, 9.17) is 0 Å². The molecule has 12 heteroatoms. The normalized spacial score (nSPS) is 16.9. The van der Waals surface area contributed by atoms with Crippen molar-refractivity contribution in [1.82, 2.24) is 30.0 Å². The van der Waals surface area contributed by atoms with Crippen LogP contribution in [0.3, 0.4) is 0 Å². The van der Waals surface area contributed by atoms with Gasteiger partial charge < -0.3 is 21.4 Å². The lowest BCUT2D eigenvalue weighted by molar-refractivity contribution is 0.0966. The van der Waals surface area contributed by atoms with Gasteiger partial charge in [-0.1, -0.05) is 6.07 Å². The van der Waals surface area contributed by atoms with Crippen LogP contribution in [-0.2, 0) is 6.54 Å². The Morgan fingerprint density at radius 3 is 2.69 bits per heavy atom. The molecule has 1 fully saturated rings. The Hall–Kier alpha value is -4.16. The first-order valence-electron chi connectivity index (χ1n) is 12.6.